The highest BCUT2D eigenvalue weighted by atomic mass is 32.1. The molecule has 0 amide bonds. The lowest BCUT2D eigenvalue weighted by Crippen LogP contribution is -2.54. The van der Waals surface area contributed by atoms with Gasteiger partial charge in [-0.15, -0.1) is 11.3 Å². The number of ether oxygens (including phenoxy) is 1. The minimum atomic E-state index is 0.251. The zero-order valence-corrected chi connectivity index (χ0v) is 17.2. The first-order valence-corrected chi connectivity index (χ1v) is 10.8. The molecule has 0 bridgehead atoms. The quantitative estimate of drug-likeness (QED) is 0.673. The number of amidine groups is 1. The molecule has 3 heterocycles. The Morgan fingerprint density at radius 2 is 1.97 bits per heavy atom. The molecule has 148 valence electrons. The largest absolute Gasteiger partial charge is 0.492 e. The summed E-state index contributed by atoms with van der Waals surface area (Å²) in [6, 6.07) is 20.8. The third-order valence-corrected chi connectivity index (χ3v) is 6.19. The zero-order chi connectivity index (χ0) is 19.6. The first-order valence-electron chi connectivity index (χ1n) is 9.98. The Hall–Kier alpha value is -2.83. The molecule has 2 aliphatic rings. The van der Waals surface area contributed by atoms with Crippen LogP contribution in [0.15, 0.2) is 65.7 Å². The number of fused-ring (bicyclic) bond motifs is 2. The van der Waals surface area contributed by atoms with E-state index in [0.29, 0.717) is 6.61 Å². The predicted molar refractivity (Wildman–Crippen MR) is 120 cm³/mol. The highest BCUT2D eigenvalue weighted by Crippen LogP contribution is 2.39. The summed E-state index contributed by atoms with van der Waals surface area (Å²) in [6.07, 6.45) is 0. The predicted octanol–water partition coefficient (Wildman–Crippen LogP) is 4.54. The lowest BCUT2D eigenvalue weighted by atomic mass is 10.1. The first-order chi connectivity index (χ1) is 14.3. The number of nitrogens with one attached hydrogen (secondary N) is 2. The molecule has 6 heteroatoms. The Labute approximate surface area is 175 Å². The van der Waals surface area contributed by atoms with E-state index in [-0.39, 0.29) is 6.04 Å². The van der Waals surface area contributed by atoms with Crippen molar-refractivity contribution >= 4 is 33.5 Å². The fourth-order valence-corrected chi connectivity index (χ4v) is 4.75. The Morgan fingerprint density at radius 1 is 1.14 bits per heavy atom. The molecule has 5 rings (SSSR count). The molecule has 0 unspecified atom stereocenters. The van der Waals surface area contributed by atoms with Crippen molar-refractivity contribution in [3.63, 3.8) is 0 Å². The number of hydrogen-bond acceptors (Lipinski definition) is 6. The first kappa shape index (κ1) is 18.2. The maximum absolute atomic E-state index is 6.00. The second kappa shape index (κ2) is 7.89. The van der Waals surface area contributed by atoms with Gasteiger partial charge in [0.25, 0.3) is 0 Å². The number of anilines is 2. The van der Waals surface area contributed by atoms with Crippen LogP contribution in [-0.4, -0.2) is 43.0 Å². The summed E-state index contributed by atoms with van der Waals surface area (Å²) < 4.78 is 6.00. The van der Waals surface area contributed by atoms with E-state index in [1.54, 1.807) is 11.3 Å². The zero-order valence-electron chi connectivity index (χ0n) is 16.4. The van der Waals surface area contributed by atoms with Gasteiger partial charge in [-0.25, -0.2) is 4.99 Å². The maximum Gasteiger partial charge on any atom is 0.139 e. The molecule has 0 aliphatic carbocycles. The van der Waals surface area contributed by atoms with E-state index in [1.807, 2.05) is 42.5 Å². The number of rotatable bonds is 3. The maximum atomic E-state index is 6.00. The van der Waals surface area contributed by atoms with Gasteiger partial charge in [0, 0.05) is 24.5 Å². The summed E-state index contributed by atoms with van der Waals surface area (Å²) in [6.45, 7) is 5.49. The van der Waals surface area contributed by atoms with E-state index in [9.17, 15) is 0 Å². The van der Waals surface area contributed by atoms with Crippen LogP contribution in [-0.2, 0) is 0 Å². The summed E-state index contributed by atoms with van der Waals surface area (Å²) in [5.41, 5.74) is 3.23. The minimum absolute atomic E-state index is 0.251. The summed E-state index contributed by atoms with van der Waals surface area (Å²) in [5, 5.41) is 8.34. The highest BCUT2D eigenvalue weighted by Gasteiger charge is 2.27. The van der Waals surface area contributed by atoms with E-state index >= 15 is 0 Å². The van der Waals surface area contributed by atoms with Crippen molar-refractivity contribution in [1.29, 1.82) is 0 Å². The molecule has 2 N–H and O–H groups in total. The van der Waals surface area contributed by atoms with Crippen LogP contribution in [0, 0.1) is 6.92 Å². The van der Waals surface area contributed by atoms with Gasteiger partial charge in [0.15, 0.2) is 0 Å². The van der Waals surface area contributed by atoms with Crippen LogP contribution in [0.3, 0.4) is 0 Å². The molecule has 3 aromatic rings. The molecule has 29 heavy (non-hydrogen) atoms. The van der Waals surface area contributed by atoms with Gasteiger partial charge in [0.1, 0.15) is 23.2 Å². The van der Waals surface area contributed by atoms with E-state index < -0.39 is 0 Å². The van der Waals surface area contributed by atoms with Gasteiger partial charge < -0.3 is 20.3 Å². The second-order valence-electron chi connectivity index (χ2n) is 7.40. The van der Waals surface area contributed by atoms with Crippen LogP contribution in [0.2, 0.25) is 0 Å². The van der Waals surface area contributed by atoms with Crippen LogP contribution >= 0.6 is 11.3 Å². The van der Waals surface area contributed by atoms with Crippen molar-refractivity contribution in [2.24, 2.45) is 4.99 Å². The number of thiophene rings is 1. The van der Waals surface area contributed by atoms with Gasteiger partial charge in [-0.2, -0.15) is 0 Å². The van der Waals surface area contributed by atoms with Gasteiger partial charge in [-0.3, -0.25) is 0 Å². The normalized spacial score (nSPS) is 18.2. The molecule has 0 spiro atoms. The molecule has 2 aliphatic heterocycles. The fraction of sp³-hybridized carbons (Fsp3) is 0.261. The fourth-order valence-electron chi connectivity index (χ4n) is 3.83. The monoisotopic (exact) mass is 404 g/mol. The Kier molecular flexibility index (Phi) is 4.96. The highest BCUT2D eigenvalue weighted by molar-refractivity contribution is 7.16. The molecule has 5 nitrogen and oxygen atoms in total. The number of benzene rings is 2. The lowest BCUT2D eigenvalue weighted by Gasteiger charge is -2.35. The molecule has 2 aromatic carbocycles. The number of aliphatic imine (C=N–C) groups is 1. The van der Waals surface area contributed by atoms with E-state index in [0.717, 1.165) is 42.6 Å². The van der Waals surface area contributed by atoms with Crippen molar-refractivity contribution in [1.82, 2.24) is 10.2 Å². The van der Waals surface area contributed by atoms with Crippen molar-refractivity contribution in [2.75, 3.05) is 31.6 Å². The summed E-state index contributed by atoms with van der Waals surface area (Å²) >= 11 is 1.78. The number of para-hydroxylation sites is 3. The van der Waals surface area contributed by atoms with Crippen LogP contribution < -0.4 is 15.4 Å². The number of hydrogen-bond donors (Lipinski definition) is 2. The van der Waals surface area contributed by atoms with Crippen LogP contribution in [0.4, 0.5) is 16.4 Å². The number of piperazine rings is 1. The van der Waals surface area contributed by atoms with Gasteiger partial charge in [-0.1, -0.05) is 30.3 Å². The average molecular weight is 405 g/mol. The van der Waals surface area contributed by atoms with Gasteiger partial charge in [0.2, 0.25) is 0 Å². The number of nitrogens with zero attached hydrogens (tertiary/aromatic N) is 2. The molecule has 1 fully saturated rings. The van der Waals surface area contributed by atoms with Crippen molar-refractivity contribution in [3.8, 4) is 5.75 Å². The molecule has 0 saturated carbocycles. The second-order valence-corrected chi connectivity index (χ2v) is 8.65. The lowest BCUT2D eigenvalue weighted by molar-refractivity contribution is 0.206. The Bertz CT molecular complexity index is 1030. The summed E-state index contributed by atoms with van der Waals surface area (Å²) in [7, 11) is 0. The Morgan fingerprint density at radius 3 is 2.86 bits per heavy atom. The molecule has 1 saturated heterocycles. The third-order valence-electron chi connectivity index (χ3n) is 5.22. The van der Waals surface area contributed by atoms with E-state index in [4.69, 9.17) is 9.73 Å². The average Bonchev–Trinajstić information content (AvgIpc) is 3.04. The SMILES string of the molecule is Cc1cc2c(s1)Nc1ccccc1N=C2N1CCN[C@H](COc2ccccc2)C1. The standard InChI is InChI=1S/C23H24N4OS/c1-16-13-19-22(25-20-9-5-6-10-21(20)26-23(19)29-16)27-12-11-24-17(14-27)15-28-18-7-3-2-4-8-18/h2-10,13,17,24,26H,11-12,14-15H2,1H3/t17-/m0/s1. The number of aryl methyl sites for hydroxylation is 1. The van der Waals surface area contributed by atoms with Crippen LogP contribution in [0.5, 0.6) is 5.75 Å². The smallest absolute Gasteiger partial charge is 0.139 e. The Balaban J connectivity index is 1.40. The molecular formula is C23H24N4OS. The summed E-state index contributed by atoms with van der Waals surface area (Å²) in [4.78, 5) is 8.77. The summed E-state index contributed by atoms with van der Waals surface area (Å²) in [5.74, 6) is 1.96. The van der Waals surface area contributed by atoms with E-state index in [2.05, 4.69) is 40.7 Å². The van der Waals surface area contributed by atoms with Gasteiger partial charge >= 0.3 is 0 Å². The van der Waals surface area contributed by atoms with Gasteiger partial charge in [0.05, 0.1) is 23.0 Å². The van der Waals surface area contributed by atoms with E-state index in [1.165, 1.54) is 15.4 Å². The molecular weight excluding hydrogens is 380 g/mol. The molecule has 1 aromatic heterocycles. The van der Waals surface area contributed by atoms with Crippen molar-refractivity contribution in [3.05, 3.63) is 71.1 Å². The van der Waals surface area contributed by atoms with Crippen molar-refractivity contribution < 1.29 is 4.74 Å². The molecule has 1 atom stereocenters. The topological polar surface area (TPSA) is 48.9 Å². The third kappa shape index (κ3) is 3.86. The van der Waals surface area contributed by atoms with Crippen LogP contribution in [0.25, 0.3) is 0 Å². The minimum Gasteiger partial charge on any atom is -0.492 e. The van der Waals surface area contributed by atoms with Crippen molar-refractivity contribution in [2.45, 2.75) is 13.0 Å². The van der Waals surface area contributed by atoms with Crippen LogP contribution in [0.1, 0.15) is 10.4 Å². The van der Waals surface area contributed by atoms with Gasteiger partial charge in [-0.05, 0) is 37.3 Å². The molecule has 0 radical (unpaired) electrons.